The zero-order valence-corrected chi connectivity index (χ0v) is 18.8. The molecule has 2 fully saturated rings. The number of nitrogens with zero attached hydrogens (tertiary/aromatic N) is 2. The lowest BCUT2D eigenvalue weighted by Gasteiger charge is -2.28. The van der Waals surface area contributed by atoms with Gasteiger partial charge in [-0.25, -0.2) is 0 Å². The molecule has 2 aromatic rings. The smallest absolute Gasteiger partial charge is 0.244 e. The van der Waals surface area contributed by atoms with E-state index >= 15 is 0 Å². The molecular weight excluding hydrogens is 400 g/mol. The predicted molar refractivity (Wildman–Crippen MR) is 124 cm³/mol. The van der Waals surface area contributed by atoms with Gasteiger partial charge in [0.25, 0.3) is 0 Å². The molecule has 0 radical (unpaired) electrons. The van der Waals surface area contributed by atoms with Crippen molar-refractivity contribution >= 4 is 11.7 Å². The van der Waals surface area contributed by atoms with Gasteiger partial charge < -0.3 is 19.3 Å². The number of rotatable bonds is 6. The van der Waals surface area contributed by atoms with Crippen LogP contribution in [0.25, 0.3) is 5.76 Å². The Bertz CT molecular complexity index is 951. The van der Waals surface area contributed by atoms with E-state index in [-0.39, 0.29) is 24.2 Å². The summed E-state index contributed by atoms with van der Waals surface area (Å²) in [4.78, 5) is 17.3. The van der Waals surface area contributed by atoms with Crippen LogP contribution in [0.15, 0.2) is 60.9 Å². The fraction of sp³-hybridized carbons (Fsp3) is 0.444. The van der Waals surface area contributed by atoms with Crippen molar-refractivity contribution < 1.29 is 14.3 Å². The average molecular weight is 433 g/mol. The molecule has 0 N–H and O–H groups in total. The van der Waals surface area contributed by atoms with Gasteiger partial charge in [0.1, 0.15) is 6.26 Å². The molecule has 0 aliphatic carbocycles. The minimum atomic E-state index is -0.291. The van der Waals surface area contributed by atoms with Crippen molar-refractivity contribution in [2.45, 2.75) is 44.4 Å². The van der Waals surface area contributed by atoms with Gasteiger partial charge in [0, 0.05) is 25.6 Å². The summed E-state index contributed by atoms with van der Waals surface area (Å²) in [5, 5.41) is 0. The number of amides is 1. The van der Waals surface area contributed by atoms with Crippen molar-refractivity contribution in [3.05, 3.63) is 77.5 Å². The van der Waals surface area contributed by atoms with Crippen LogP contribution in [0.4, 0.5) is 0 Å². The van der Waals surface area contributed by atoms with Crippen LogP contribution >= 0.6 is 0 Å². The Kier molecular flexibility index (Phi) is 6.17. The topological polar surface area (TPSA) is 42.0 Å². The van der Waals surface area contributed by atoms with Gasteiger partial charge >= 0.3 is 0 Å². The monoisotopic (exact) mass is 432 g/mol. The first-order valence-corrected chi connectivity index (χ1v) is 11.8. The summed E-state index contributed by atoms with van der Waals surface area (Å²) in [6.07, 6.45) is 6.87. The van der Waals surface area contributed by atoms with Crippen LogP contribution in [-0.4, -0.2) is 48.7 Å². The normalized spacial score (nSPS) is 26.0. The first-order chi connectivity index (χ1) is 15.7. The maximum absolute atomic E-state index is 12.9. The van der Waals surface area contributed by atoms with Crippen LogP contribution in [-0.2, 0) is 20.7 Å². The number of carbonyl (C=O) groups excluding carboxylic acids is 1. The molecule has 3 unspecified atom stereocenters. The molecular formula is C27H32N2O3. The zero-order chi connectivity index (χ0) is 21.9. The molecule has 5 rings (SSSR count). The summed E-state index contributed by atoms with van der Waals surface area (Å²) in [5.41, 5.74) is 3.38. The molecule has 0 saturated carbocycles. The molecule has 1 amide bonds. The van der Waals surface area contributed by atoms with Crippen molar-refractivity contribution in [2.24, 2.45) is 5.92 Å². The molecule has 0 aromatic heterocycles. The molecule has 3 heterocycles. The molecule has 5 heteroatoms. The Balaban J connectivity index is 1.19. The fourth-order valence-electron chi connectivity index (χ4n) is 5.17. The average Bonchev–Trinajstić information content (AvgIpc) is 3.41. The number of carbonyl (C=O) groups is 1. The highest BCUT2D eigenvalue weighted by atomic mass is 16.7. The van der Waals surface area contributed by atoms with Crippen LogP contribution in [0, 0.1) is 5.92 Å². The number of ether oxygens (including phenoxy) is 2. The summed E-state index contributed by atoms with van der Waals surface area (Å²) in [5.74, 6) is 1.15. The third-order valence-electron chi connectivity index (χ3n) is 7.01. The van der Waals surface area contributed by atoms with E-state index in [1.54, 1.807) is 6.26 Å². The predicted octanol–water partition coefficient (Wildman–Crippen LogP) is 4.61. The van der Waals surface area contributed by atoms with E-state index in [4.69, 9.17) is 9.47 Å². The lowest BCUT2D eigenvalue weighted by atomic mass is 9.97. The standard InChI is InChI=1S/C27H32N2O3/c1-28-24(17-23(27(28)30)18-29-14-6-3-7-15-29)21-10-12-22(13-11-21)25-19-31-26(32-25)16-20-8-4-2-5-9-20/h2,4-5,8-13,19,23-24,26H,3,6-7,14-18H2,1H3. The molecule has 3 aliphatic rings. The van der Waals surface area contributed by atoms with E-state index in [9.17, 15) is 4.79 Å². The minimum absolute atomic E-state index is 0.107. The van der Waals surface area contributed by atoms with Crippen molar-refractivity contribution in [3.63, 3.8) is 0 Å². The molecule has 3 aliphatic heterocycles. The number of likely N-dealkylation sites (tertiary alicyclic amines) is 2. The summed E-state index contributed by atoms with van der Waals surface area (Å²) in [7, 11) is 1.95. The van der Waals surface area contributed by atoms with Gasteiger partial charge in [-0.1, -0.05) is 61.0 Å². The molecule has 32 heavy (non-hydrogen) atoms. The Morgan fingerprint density at radius 3 is 2.47 bits per heavy atom. The maximum Gasteiger partial charge on any atom is 0.244 e. The fourth-order valence-corrected chi connectivity index (χ4v) is 5.17. The van der Waals surface area contributed by atoms with Crippen molar-refractivity contribution in [1.82, 2.24) is 9.80 Å². The van der Waals surface area contributed by atoms with Gasteiger partial charge in [-0.3, -0.25) is 4.79 Å². The number of hydrogen-bond acceptors (Lipinski definition) is 4. The lowest BCUT2D eigenvalue weighted by Crippen LogP contribution is -2.36. The van der Waals surface area contributed by atoms with Crippen LogP contribution in [0.1, 0.15) is 48.4 Å². The first-order valence-electron chi connectivity index (χ1n) is 11.8. The van der Waals surface area contributed by atoms with Crippen molar-refractivity contribution in [1.29, 1.82) is 0 Å². The van der Waals surface area contributed by atoms with Crippen LogP contribution in [0.5, 0.6) is 0 Å². The van der Waals surface area contributed by atoms with Gasteiger partial charge in [-0.15, -0.1) is 0 Å². The van der Waals surface area contributed by atoms with Gasteiger partial charge in [-0.2, -0.15) is 0 Å². The van der Waals surface area contributed by atoms with Gasteiger partial charge in [0.2, 0.25) is 12.2 Å². The molecule has 0 bridgehead atoms. The number of piperidine rings is 1. The highest BCUT2D eigenvalue weighted by Gasteiger charge is 2.38. The van der Waals surface area contributed by atoms with E-state index in [0.29, 0.717) is 6.42 Å². The Hall–Kier alpha value is -2.79. The molecule has 2 aromatic carbocycles. The van der Waals surface area contributed by atoms with Crippen LogP contribution in [0.3, 0.4) is 0 Å². The van der Waals surface area contributed by atoms with Crippen LogP contribution < -0.4 is 0 Å². The van der Waals surface area contributed by atoms with E-state index in [1.165, 1.54) is 30.4 Å². The zero-order valence-electron chi connectivity index (χ0n) is 18.8. The largest absolute Gasteiger partial charge is 0.458 e. The maximum atomic E-state index is 12.9. The van der Waals surface area contributed by atoms with Crippen molar-refractivity contribution in [2.75, 3.05) is 26.7 Å². The molecule has 0 spiro atoms. The SMILES string of the molecule is CN1C(=O)C(CN2CCCCC2)CC1c1ccc(C2=COC(Cc3ccccc3)O2)cc1. The summed E-state index contributed by atoms with van der Waals surface area (Å²) < 4.78 is 11.8. The molecule has 3 atom stereocenters. The van der Waals surface area contributed by atoms with Gasteiger partial charge in [0.05, 0.1) is 12.0 Å². The number of benzene rings is 2. The number of hydrogen-bond donors (Lipinski definition) is 0. The third-order valence-corrected chi connectivity index (χ3v) is 7.01. The van der Waals surface area contributed by atoms with E-state index in [1.807, 2.05) is 30.1 Å². The Morgan fingerprint density at radius 1 is 0.969 bits per heavy atom. The summed E-state index contributed by atoms with van der Waals surface area (Å²) in [6, 6.07) is 18.8. The summed E-state index contributed by atoms with van der Waals surface area (Å²) >= 11 is 0. The van der Waals surface area contributed by atoms with Crippen molar-refractivity contribution in [3.8, 4) is 0 Å². The quantitative estimate of drug-likeness (QED) is 0.669. The minimum Gasteiger partial charge on any atom is -0.458 e. The lowest BCUT2D eigenvalue weighted by molar-refractivity contribution is -0.131. The van der Waals surface area contributed by atoms with Crippen LogP contribution in [0.2, 0.25) is 0 Å². The Morgan fingerprint density at radius 2 is 1.72 bits per heavy atom. The van der Waals surface area contributed by atoms with Gasteiger partial charge in [-0.05, 0) is 43.5 Å². The van der Waals surface area contributed by atoms with E-state index < -0.39 is 0 Å². The third kappa shape index (κ3) is 4.53. The second kappa shape index (κ2) is 9.37. The second-order valence-electron chi connectivity index (χ2n) is 9.24. The molecule has 2 saturated heterocycles. The van der Waals surface area contributed by atoms with E-state index in [2.05, 4.69) is 41.3 Å². The molecule has 5 nitrogen and oxygen atoms in total. The Labute approximate surface area is 190 Å². The highest BCUT2D eigenvalue weighted by molar-refractivity contribution is 5.81. The second-order valence-corrected chi connectivity index (χ2v) is 9.24. The first kappa shape index (κ1) is 21.1. The highest BCUT2D eigenvalue weighted by Crippen LogP contribution is 2.37. The van der Waals surface area contributed by atoms with Gasteiger partial charge in [0.15, 0.2) is 5.76 Å². The molecule has 168 valence electrons. The summed E-state index contributed by atoms with van der Waals surface area (Å²) in [6.45, 7) is 3.17. The van der Waals surface area contributed by atoms with E-state index in [0.717, 1.165) is 37.4 Å².